The van der Waals surface area contributed by atoms with Gasteiger partial charge in [-0.25, -0.2) is 0 Å². The maximum atomic E-state index is 14.8. The summed E-state index contributed by atoms with van der Waals surface area (Å²) in [6, 6.07) is 18.3. The van der Waals surface area contributed by atoms with Crippen molar-refractivity contribution in [1.82, 2.24) is 0 Å². The highest BCUT2D eigenvalue weighted by molar-refractivity contribution is 7.91. The van der Waals surface area contributed by atoms with E-state index in [0.29, 0.717) is 0 Å². The first-order chi connectivity index (χ1) is 12.3. The van der Waals surface area contributed by atoms with Crippen molar-refractivity contribution in [1.29, 1.82) is 0 Å². The molecule has 0 fully saturated rings. The van der Waals surface area contributed by atoms with E-state index in [-0.39, 0.29) is 0 Å². The summed E-state index contributed by atoms with van der Waals surface area (Å²) in [5, 5.41) is 7.16. The molecule has 1 nitrogen and oxygen atoms in total. The molecule has 0 spiro atoms. The topological polar surface area (TPSA) is 17.1 Å². The normalized spacial score (nSPS) is 22.1. The minimum Gasteiger partial charge on any atom is -0.308 e. The van der Waals surface area contributed by atoms with Gasteiger partial charge < -0.3 is 4.57 Å². The van der Waals surface area contributed by atoms with Gasteiger partial charge in [0, 0.05) is 25.7 Å². The molecule has 4 heteroatoms. The molecule has 122 valence electrons. The van der Waals surface area contributed by atoms with E-state index in [0.717, 1.165) is 32.1 Å². The number of rotatable bonds is 3. The summed E-state index contributed by atoms with van der Waals surface area (Å²) in [4.78, 5) is 2.26. The molecule has 5 rings (SSSR count). The van der Waals surface area contributed by atoms with Crippen molar-refractivity contribution in [3.05, 3.63) is 98.4 Å². The van der Waals surface area contributed by atoms with Gasteiger partial charge in [-0.15, -0.1) is 22.7 Å². The second-order valence-electron chi connectivity index (χ2n) is 6.10. The second kappa shape index (κ2) is 5.81. The van der Waals surface area contributed by atoms with Gasteiger partial charge in [0.1, 0.15) is 0 Å². The molecule has 0 saturated heterocycles. The van der Waals surface area contributed by atoms with Gasteiger partial charge in [0.25, 0.3) is 0 Å². The highest BCUT2D eigenvalue weighted by atomic mass is 32.1. The summed E-state index contributed by atoms with van der Waals surface area (Å²) in [5.74, 6) is 0. The van der Waals surface area contributed by atoms with E-state index in [1.54, 1.807) is 22.7 Å². The average molecular weight is 378 g/mol. The minimum atomic E-state index is -2.87. The Kier molecular flexibility index (Phi) is 3.56. The smallest absolute Gasteiger partial charge is 0.174 e. The first-order valence-electron chi connectivity index (χ1n) is 8.19. The van der Waals surface area contributed by atoms with Crippen molar-refractivity contribution in [2.24, 2.45) is 0 Å². The largest absolute Gasteiger partial charge is 0.308 e. The maximum absolute atomic E-state index is 14.8. The molecule has 0 N–H and O–H groups in total. The Bertz CT molecular complexity index is 1070. The van der Waals surface area contributed by atoms with Gasteiger partial charge in [0.05, 0.1) is 0 Å². The quantitative estimate of drug-likeness (QED) is 0.470. The van der Waals surface area contributed by atoms with E-state index in [2.05, 4.69) is 35.0 Å². The van der Waals surface area contributed by atoms with E-state index < -0.39 is 7.14 Å². The molecule has 0 bridgehead atoms. The Morgan fingerprint density at radius 2 is 1.48 bits per heavy atom. The molecule has 0 saturated carbocycles. The lowest BCUT2D eigenvalue weighted by molar-refractivity contribution is 0.593. The fraction of sp³-hybridized carbons (Fsp3) is 0.0476. The third-order valence-corrected chi connectivity index (χ3v) is 10.1. The zero-order valence-electron chi connectivity index (χ0n) is 13.4. The number of hydrogen-bond acceptors (Lipinski definition) is 3. The van der Waals surface area contributed by atoms with Crippen LogP contribution in [-0.2, 0) is 4.57 Å². The zero-order valence-corrected chi connectivity index (χ0v) is 15.9. The van der Waals surface area contributed by atoms with Crippen molar-refractivity contribution in [3.8, 4) is 0 Å². The van der Waals surface area contributed by atoms with Gasteiger partial charge in [0.15, 0.2) is 7.14 Å². The molecule has 25 heavy (non-hydrogen) atoms. The summed E-state index contributed by atoms with van der Waals surface area (Å²) in [6.07, 6.45) is 5.23. The first kappa shape index (κ1) is 15.3. The second-order valence-corrected chi connectivity index (χ2v) is 10.6. The fourth-order valence-corrected chi connectivity index (χ4v) is 9.45. The van der Waals surface area contributed by atoms with E-state index >= 15 is 0 Å². The van der Waals surface area contributed by atoms with Crippen molar-refractivity contribution in [3.63, 3.8) is 0 Å². The Balaban J connectivity index is 1.87. The molecule has 1 unspecified atom stereocenters. The van der Waals surface area contributed by atoms with Gasteiger partial charge in [-0.2, -0.15) is 0 Å². The van der Waals surface area contributed by atoms with Gasteiger partial charge in [-0.3, -0.25) is 0 Å². The lowest BCUT2D eigenvalue weighted by Crippen LogP contribution is -2.05. The average Bonchev–Trinajstić information content (AvgIpc) is 3.41. The van der Waals surface area contributed by atoms with Crippen LogP contribution in [-0.4, -0.2) is 0 Å². The van der Waals surface area contributed by atoms with Gasteiger partial charge in [-0.05, 0) is 40.5 Å². The predicted molar refractivity (Wildman–Crippen MR) is 110 cm³/mol. The Morgan fingerprint density at radius 1 is 0.800 bits per heavy atom. The van der Waals surface area contributed by atoms with Crippen LogP contribution in [0.5, 0.6) is 0 Å². The molecule has 3 heterocycles. The zero-order chi connectivity index (χ0) is 16.9. The molecule has 1 aromatic carbocycles. The third kappa shape index (κ3) is 2.17. The van der Waals surface area contributed by atoms with Crippen LogP contribution in [0.3, 0.4) is 0 Å². The number of benzene rings is 1. The van der Waals surface area contributed by atoms with Crippen LogP contribution in [0.2, 0.25) is 0 Å². The monoisotopic (exact) mass is 378 g/mol. The Hall–Kier alpha value is -1.93. The molecule has 0 radical (unpaired) electrons. The minimum absolute atomic E-state index is 0.869. The van der Waals surface area contributed by atoms with Gasteiger partial charge >= 0.3 is 0 Å². The summed E-state index contributed by atoms with van der Waals surface area (Å²) in [6.45, 7) is 0. The molecule has 2 aromatic heterocycles. The van der Waals surface area contributed by atoms with Crippen LogP contribution in [0.4, 0.5) is 0 Å². The number of allylic oxidation sites excluding steroid dienone is 4. The standard InChI is InChI=1S/C21H15OPS2/c22-23(15-7-2-1-3-8-15)20(18-11-5-13-24-18)16-9-4-10-17(16)21(23)19-12-6-14-25-19/h1-9,11-14H,10H2. The van der Waals surface area contributed by atoms with Crippen molar-refractivity contribution in [2.75, 3.05) is 0 Å². The van der Waals surface area contributed by atoms with Crippen LogP contribution in [0.1, 0.15) is 16.2 Å². The Morgan fingerprint density at radius 3 is 2.12 bits per heavy atom. The van der Waals surface area contributed by atoms with Crippen LogP contribution >= 0.6 is 29.8 Å². The van der Waals surface area contributed by atoms with Crippen LogP contribution in [0.25, 0.3) is 10.6 Å². The maximum Gasteiger partial charge on any atom is 0.174 e. The summed E-state index contributed by atoms with van der Waals surface area (Å²) >= 11 is 3.36. The molecular formula is C21H15OPS2. The highest BCUT2D eigenvalue weighted by Gasteiger charge is 2.46. The number of thiophene rings is 2. The van der Waals surface area contributed by atoms with Gasteiger partial charge in [-0.1, -0.05) is 54.6 Å². The van der Waals surface area contributed by atoms with Crippen molar-refractivity contribution < 1.29 is 4.57 Å². The number of fused-ring (bicyclic) bond motifs is 1. The summed E-state index contributed by atoms with van der Waals surface area (Å²) in [5.41, 5.74) is 2.43. The lowest BCUT2D eigenvalue weighted by atomic mass is 10.1. The molecule has 3 aromatic rings. The van der Waals surface area contributed by atoms with Gasteiger partial charge in [0.2, 0.25) is 0 Å². The van der Waals surface area contributed by atoms with Crippen LogP contribution < -0.4 is 5.30 Å². The molecule has 1 aliphatic heterocycles. The van der Waals surface area contributed by atoms with E-state index in [1.165, 1.54) is 11.1 Å². The molecule has 1 aliphatic carbocycles. The lowest BCUT2D eigenvalue weighted by Gasteiger charge is -2.20. The van der Waals surface area contributed by atoms with Crippen molar-refractivity contribution >= 4 is 45.7 Å². The SMILES string of the molecule is O=P1(c2ccccc2)C(c2cccs2)=C2C=CCC2=C1c1cccs1. The molecule has 1 atom stereocenters. The van der Waals surface area contributed by atoms with E-state index in [9.17, 15) is 4.57 Å². The van der Waals surface area contributed by atoms with E-state index in [1.807, 2.05) is 42.5 Å². The Labute approximate surface area is 155 Å². The fourth-order valence-electron chi connectivity index (χ4n) is 3.74. The summed E-state index contributed by atoms with van der Waals surface area (Å²) < 4.78 is 14.8. The van der Waals surface area contributed by atoms with Crippen LogP contribution in [0, 0.1) is 0 Å². The van der Waals surface area contributed by atoms with E-state index in [4.69, 9.17) is 0 Å². The summed E-state index contributed by atoms with van der Waals surface area (Å²) in [7, 11) is -2.87. The first-order valence-corrected chi connectivity index (χ1v) is 11.7. The third-order valence-electron chi connectivity index (χ3n) is 4.73. The number of hydrogen-bond donors (Lipinski definition) is 0. The highest BCUT2D eigenvalue weighted by Crippen LogP contribution is 2.75. The molecule has 2 aliphatic rings. The molecule has 0 amide bonds. The predicted octanol–water partition coefficient (Wildman–Crippen LogP) is 6.59. The molecular weight excluding hydrogens is 363 g/mol. The van der Waals surface area contributed by atoms with Crippen molar-refractivity contribution in [2.45, 2.75) is 6.42 Å². The van der Waals surface area contributed by atoms with Crippen LogP contribution in [0.15, 0.2) is 88.7 Å².